The second kappa shape index (κ2) is 3.36. The number of hydrogen-bond donors (Lipinski definition) is 0. The van der Waals surface area contributed by atoms with Crippen LogP contribution in [0, 0.1) is 11.3 Å². The number of hydrogen-bond acceptors (Lipinski definition) is 2. The molecule has 0 aliphatic rings. The van der Waals surface area contributed by atoms with Crippen molar-refractivity contribution in [3.8, 4) is 6.07 Å². The SMILES string of the molecule is N#CC=C=S. The molecule has 1 nitrogen and oxygen atoms in total. The Hall–Kier alpha value is -0.640. The smallest absolute Gasteiger partial charge is 0.101 e. The van der Waals surface area contributed by atoms with E-state index in [1.165, 1.54) is 0 Å². The number of thiocarbonyl (C=S) groups is 1. The third kappa shape index (κ3) is 3.36. The Bertz CT molecular complexity index is 94.0. The Morgan fingerprint density at radius 3 is 2.40 bits per heavy atom. The van der Waals surface area contributed by atoms with Crippen molar-refractivity contribution in [1.29, 1.82) is 5.26 Å². The summed E-state index contributed by atoms with van der Waals surface area (Å²) in [5, 5.41) is 9.75. The summed E-state index contributed by atoms with van der Waals surface area (Å²) in [6.45, 7) is 0. The van der Waals surface area contributed by atoms with Crippen LogP contribution in [0.4, 0.5) is 0 Å². The first kappa shape index (κ1) is 4.36. The van der Waals surface area contributed by atoms with Crippen LogP contribution in [-0.4, -0.2) is 5.02 Å². The van der Waals surface area contributed by atoms with Crippen LogP contribution in [0.3, 0.4) is 0 Å². The molecule has 0 amide bonds. The van der Waals surface area contributed by atoms with Crippen molar-refractivity contribution in [2.24, 2.45) is 0 Å². The lowest BCUT2D eigenvalue weighted by molar-refractivity contribution is 1.54. The maximum absolute atomic E-state index is 7.63. The minimum Gasteiger partial charge on any atom is -0.192 e. The van der Waals surface area contributed by atoms with E-state index in [2.05, 4.69) is 17.2 Å². The molecule has 0 spiro atoms. The zero-order chi connectivity index (χ0) is 4.12. The fraction of sp³-hybridized carbons (Fsp3) is 0. The second-order valence-electron chi connectivity index (χ2n) is 0.391. The van der Waals surface area contributed by atoms with Gasteiger partial charge in [-0.1, -0.05) is 0 Å². The van der Waals surface area contributed by atoms with Gasteiger partial charge in [0.15, 0.2) is 0 Å². The molecular formula is C3HNS. The van der Waals surface area contributed by atoms with Gasteiger partial charge in [0.1, 0.15) is 6.07 Å². The van der Waals surface area contributed by atoms with E-state index in [0.717, 1.165) is 6.08 Å². The Morgan fingerprint density at radius 2 is 2.40 bits per heavy atom. The highest BCUT2D eigenvalue weighted by molar-refractivity contribution is 7.78. The summed E-state index contributed by atoms with van der Waals surface area (Å²) in [5.74, 6) is 0. The van der Waals surface area contributed by atoms with Crippen LogP contribution < -0.4 is 0 Å². The Balaban J connectivity index is 3.46. The van der Waals surface area contributed by atoms with E-state index in [1.54, 1.807) is 6.07 Å². The molecule has 0 fully saturated rings. The minimum atomic E-state index is 1.12. The average Bonchev–Trinajstić information content (AvgIpc) is 1.41. The molecule has 0 radical (unpaired) electrons. The van der Waals surface area contributed by atoms with Gasteiger partial charge in [0.2, 0.25) is 0 Å². The lowest BCUT2D eigenvalue weighted by Gasteiger charge is -1.34. The van der Waals surface area contributed by atoms with E-state index in [4.69, 9.17) is 5.26 Å². The van der Waals surface area contributed by atoms with Crippen molar-refractivity contribution in [3.63, 3.8) is 0 Å². The van der Waals surface area contributed by atoms with Crippen molar-refractivity contribution in [3.05, 3.63) is 6.08 Å². The molecule has 0 unspecified atom stereocenters. The van der Waals surface area contributed by atoms with E-state index in [9.17, 15) is 0 Å². The maximum atomic E-state index is 7.63. The van der Waals surface area contributed by atoms with Gasteiger partial charge in [-0.3, -0.25) is 0 Å². The van der Waals surface area contributed by atoms with E-state index < -0.39 is 0 Å². The molecule has 0 saturated heterocycles. The lowest BCUT2D eigenvalue weighted by Crippen LogP contribution is -1.35. The molecule has 0 heterocycles. The van der Waals surface area contributed by atoms with Crippen LogP contribution in [0.15, 0.2) is 6.08 Å². The predicted molar refractivity (Wildman–Crippen MR) is 22.8 cm³/mol. The van der Waals surface area contributed by atoms with Gasteiger partial charge in [-0.05, 0) is 17.2 Å². The number of nitrogens with zero attached hydrogens (tertiary/aromatic N) is 1. The Morgan fingerprint density at radius 1 is 1.80 bits per heavy atom. The molecule has 0 bridgehead atoms. The van der Waals surface area contributed by atoms with Crippen molar-refractivity contribution < 1.29 is 0 Å². The minimum absolute atomic E-state index is 1.12. The highest BCUT2D eigenvalue weighted by atomic mass is 32.1. The summed E-state index contributed by atoms with van der Waals surface area (Å²) < 4.78 is 0. The highest BCUT2D eigenvalue weighted by Crippen LogP contribution is 1.44. The Kier molecular flexibility index (Phi) is 2.93. The fourth-order valence-corrected chi connectivity index (χ4v) is 0.0791. The van der Waals surface area contributed by atoms with Crippen LogP contribution >= 0.6 is 12.2 Å². The van der Waals surface area contributed by atoms with Crippen molar-refractivity contribution >= 4 is 17.2 Å². The summed E-state index contributed by atoms with van der Waals surface area (Å²) in [5.41, 5.74) is 0. The first-order valence-electron chi connectivity index (χ1n) is 1.01. The molecule has 0 rings (SSSR count). The molecule has 0 aromatic carbocycles. The van der Waals surface area contributed by atoms with E-state index in [0.29, 0.717) is 0 Å². The fourth-order valence-electron chi connectivity index (χ4n) is 0.0264. The molecule has 0 saturated carbocycles. The van der Waals surface area contributed by atoms with Crippen molar-refractivity contribution in [2.45, 2.75) is 0 Å². The van der Waals surface area contributed by atoms with Crippen LogP contribution in [0.5, 0.6) is 0 Å². The first-order chi connectivity index (χ1) is 2.41. The molecule has 5 heavy (non-hydrogen) atoms. The van der Waals surface area contributed by atoms with Gasteiger partial charge in [-0.25, -0.2) is 0 Å². The zero-order valence-corrected chi connectivity index (χ0v) is 3.25. The van der Waals surface area contributed by atoms with Gasteiger partial charge in [-0.15, -0.1) is 0 Å². The lowest BCUT2D eigenvalue weighted by atomic mass is 10.7. The largest absolute Gasteiger partial charge is 0.192 e. The summed E-state index contributed by atoms with van der Waals surface area (Å²) in [6, 6.07) is 1.68. The van der Waals surface area contributed by atoms with Crippen LogP contribution in [0.1, 0.15) is 0 Å². The van der Waals surface area contributed by atoms with Gasteiger partial charge < -0.3 is 0 Å². The second-order valence-corrected chi connectivity index (χ2v) is 0.627. The van der Waals surface area contributed by atoms with Crippen molar-refractivity contribution in [1.82, 2.24) is 0 Å². The third-order valence-corrected chi connectivity index (χ3v) is 0.241. The van der Waals surface area contributed by atoms with Gasteiger partial charge in [0.05, 0.1) is 6.08 Å². The normalized spacial score (nSPS) is 3.80. The molecule has 0 aliphatic carbocycles. The van der Waals surface area contributed by atoms with Crippen molar-refractivity contribution in [2.75, 3.05) is 0 Å². The average molecular weight is 83.1 g/mol. The number of allylic oxidation sites excluding steroid dienone is 1. The third-order valence-electron chi connectivity index (χ3n) is 0.123. The monoisotopic (exact) mass is 83.0 g/mol. The summed E-state index contributed by atoms with van der Waals surface area (Å²) in [7, 11) is 0. The quantitative estimate of drug-likeness (QED) is 0.317. The molecule has 0 aromatic heterocycles. The summed E-state index contributed by atoms with van der Waals surface area (Å²) in [4.78, 5) is 0. The highest BCUT2D eigenvalue weighted by Gasteiger charge is 1.42. The zero-order valence-electron chi connectivity index (χ0n) is 2.43. The van der Waals surface area contributed by atoms with Gasteiger partial charge in [-0.2, -0.15) is 5.26 Å². The van der Waals surface area contributed by atoms with Crippen LogP contribution in [0.25, 0.3) is 0 Å². The van der Waals surface area contributed by atoms with E-state index in [1.807, 2.05) is 0 Å². The molecule has 24 valence electrons. The van der Waals surface area contributed by atoms with Crippen LogP contribution in [0.2, 0.25) is 0 Å². The molecule has 0 N–H and O–H groups in total. The molecular weight excluding hydrogens is 82.1 g/mol. The molecule has 0 aromatic rings. The summed E-state index contributed by atoms with van der Waals surface area (Å²) in [6.07, 6.45) is 1.12. The van der Waals surface area contributed by atoms with E-state index in [-0.39, 0.29) is 0 Å². The topological polar surface area (TPSA) is 23.8 Å². The van der Waals surface area contributed by atoms with Gasteiger partial charge in [0.25, 0.3) is 0 Å². The first-order valence-corrected chi connectivity index (χ1v) is 1.41. The Labute approximate surface area is 35.5 Å². The van der Waals surface area contributed by atoms with Gasteiger partial charge in [0, 0.05) is 0 Å². The maximum Gasteiger partial charge on any atom is 0.101 e. The van der Waals surface area contributed by atoms with Crippen LogP contribution in [-0.2, 0) is 0 Å². The summed E-state index contributed by atoms with van der Waals surface area (Å²) >= 11 is 4.12. The molecule has 0 atom stereocenters. The van der Waals surface area contributed by atoms with E-state index >= 15 is 0 Å². The van der Waals surface area contributed by atoms with Gasteiger partial charge >= 0.3 is 0 Å². The number of rotatable bonds is 0. The number of nitriles is 1. The predicted octanol–water partition coefficient (Wildman–Crippen LogP) is 0.665. The molecule has 2 heteroatoms. The molecule has 0 aliphatic heterocycles. The standard InChI is InChI=1S/C3HNS/c4-2-1-3-5/h1H.